The quantitative estimate of drug-likeness (QED) is 0.465. The average Bonchev–Trinajstić information content (AvgIpc) is 2.84. The molecule has 2 rings (SSSR count). The fourth-order valence-electron chi connectivity index (χ4n) is 2.33. The lowest BCUT2D eigenvalue weighted by molar-refractivity contribution is -0.384. The molecular formula is C14H18N2O3. The SMILES string of the molecule is C=CCOC1CCN(c2ccc(C)cc2[N+](=O)[O-])C1. The van der Waals surface area contributed by atoms with Gasteiger partial charge in [-0.3, -0.25) is 10.1 Å². The van der Waals surface area contributed by atoms with Gasteiger partial charge in [0.25, 0.3) is 5.69 Å². The van der Waals surface area contributed by atoms with E-state index in [0.717, 1.165) is 18.5 Å². The van der Waals surface area contributed by atoms with Crippen LogP contribution in [0.25, 0.3) is 0 Å². The van der Waals surface area contributed by atoms with Crippen LogP contribution < -0.4 is 4.90 Å². The Morgan fingerprint density at radius 3 is 3.11 bits per heavy atom. The third-order valence-corrected chi connectivity index (χ3v) is 3.26. The number of ether oxygens (including phenoxy) is 1. The Hall–Kier alpha value is -1.88. The van der Waals surface area contributed by atoms with Crippen molar-refractivity contribution in [3.05, 3.63) is 46.5 Å². The van der Waals surface area contributed by atoms with Crippen LogP contribution in [-0.2, 0) is 4.74 Å². The zero-order chi connectivity index (χ0) is 13.8. The number of anilines is 1. The summed E-state index contributed by atoms with van der Waals surface area (Å²) in [7, 11) is 0. The van der Waals surface area contributed by atoms with Gasteiger partial charge in [-0.1, -0.05) is 12.1 Å². The Balaban J connectivity index is 2.15. The summed E-state index contributed by atoms with van der Waals surface area (Å²) < 4.78 is 5.60. The van der Waals surface area contributed by atoms with Gasteiger partial charge in [0.2, 0.25) is 0 Å². The first kappa shape index (κ1) is 13.5. The zero-order valence-electron chi connectivity index (χ0n) is 11.0. The summed E-state index contributed by atoms with van der Waals surface area (Å²) >= 11 is 0. The Morgan fingerprint density at radius 2 is 2.42 bits per heavy atom. The van der Waals surface area contributed by atoms with E-state index in [1.807, 2.05) is 24.0 Å². The first-order valence-electron chi connectivity index (χ1n) is 6.34. The third-order valence-electron chi connectivity index (χ3n) is 3.26. The van der Waals surface area contributed by atoms with Gasteiger partial charge in [-0.15, -0.1) is 6.58 Å². The topological polar surface area (TPSA) is 55.6 Å². The van der Waals surface area contributed by atoms with Crippen LogP contribution >= 0.6 is 0 Å². The summed E-state index contributed by atoms with van der Waals surface area (Å²) in [6, 6.07) is 5.34. The molecule has 5 nitrogen and oxygen atoms in total. The normalized spacial score (nSPS) is 18.6. The van der Waals surface area contributed by atoms with E-state index in [0.29, 0.717) is 18.8 Å². The van der Waals surface area contributed by atoms with E-state index in [-0.39, 0.29) is 16.7 Å². The molecule has 0 amide bonds. The average molecular weight is 262 g/mol. The summed E-state index contributed by atoms with van der Waals surface area (Å²) in [5.41, 5.74) is 1.75. The van der Waals surface area contributed by atoms with Crippen LogP contribution in [0, 0.1) is 17.0 Å². The Bertz CT molecular complexity index is 488. The molecule has 1 atom stereocenters. The number of aryl methyl sites for hydroxylation is 1. The van der Waals surface area contributed by atoms with E-state index >= 15 is 0 Å². The molecule has 5 heteroatoms. The molecule has 102 valence electrons. The van der Waals surface area contributed by atoms with Crippen LogP contribution in [0.15, 0.2) is 30.9 Å². The van der Waals surface area contributed by atoms with Crippen molar-refractivity contribution in [3.63, 3.8) is 0 Å². The molecule has 1 heterocycles. The second-order valence-electron chi connectivity index (χ2n) is 4.73. The molecule has 0 radical (unpaired) electrons. The highest BCUT2D eigenvalue weighted by Gasteiger charge is 2.27. The number of nitrogens with zero attached hydrogens (tertiary/aromatic N) is 2. The van der Waals surface area contributed by atoms with Crippen LogP contribution in [0.5, 0.6) is 0 Å². The summed E-state index contributed by atoms with van der Waals surface area (Å²) in [5, 5.41) is 11.1. The standard InChI is InChI=1S/C14H18N2O3/c1-3-8-19-12-6-7-15(10-12)13-5-4-11(2)9-14(13)16(17)18/h3-5,9,12H,1,6-8,10H2,2H3. The van der Waals surface area contributed by atoms with Crippen LogP contribution in [0.2, 0.25) is 0 Å². The number of benzene rings is 1. The molecular weight excluding hydrogens is 244 g/mol. The lowest BCUT2D eigenvalue weighted by Gasteiger charge is -2.18. The van der Waals surface area contributed by atoms with Gasteiger partial charge in [0.05, 0.1) is 17.6 Å². The highest BCUT2D eigenvalue weighted by molar-refractivity contribution is 5.64. The van der Waals surface area contributed by atoms with Gasteiger partial charge >= 0.3 is 0 Å². The predicted molar refractivity (Wildman–Crippen MR) is 74.6 cm³/mol. The molecule has 19 heavy (non-hydrogen) atoms. The lowest BCUT2D eigenvalue weighted by atomic mass is 10.2. The second-order valence-corrected chi connectivity index (χ2v) is 4.73. The molecule has 1 aliphatic rings. The van der Waals surface area contributed by atoms with Gasteiger partial charge in [-0.25, -0.2) is 0 Å². The van der Waals surface area contributed by atoms with E-state index in [1.54, 1.807) is 12.1 Å². The minimum absolute atomic E-state index is 0.124. The molecule has 1 saturated heterocycles. The lowest BCUT2D eigenvalue weighted by Crippen LogP contribution is -2.23. The highest BCUT2D eigenvalue weighted by Crippen LogP contribution is 2.32. The second kappa shape index (κ2) is 5.84. The van der Waals surface area contributed by atoms with Gasteiger partial charge in [0.1, 0.15) is 5.69 Å². The molecule has 1 aromatic rings. The molecule has 0 N–H and O–H groups in total. The van der Waals surface area contributed by atoms with E-state index < -0.39 is 0 Å². The van der Waals surface area contributed by atoms with Gasteiger partial charge in [-0.2, -0.15) is 0 Å². The Morgan fingerprint density at radius 1 is 1.63 bits per heavy atom. The van der Waals surface area contributed by atoms with E-state index in [1.165, 1.54) is 0 Å². The summed E-state index contributed by atoms with van der Waals surface area (Å²) in [5.74, 6) is 0. The predicted octanol–water partition coefficient (Wildman–Crippen LogP) is 2.68. The van der Waals surface area contributed by atoms with Crippen molar-refractivity contribution >= 4 is 11.4 Å². The minimum Gasteiger partial charge on any atom is -0.372 e. The number of rotatable bonds is 5. The van der Waals surface area contributed by atoms with Crippen LogP contribution in [-0.4, -0.2) is 30.7 Å². The number of nitro benzene ring substituents is 1. The molecule has 1 aliphatic heterocycles. The molecule has 0 spiro atoms. The maximum Gasteiger partial charge on any atom is 0.292 e. The van der Waals surface area contributed by atoms with Crippen molar-refractivity contribution in [2.24, 2.45) is 0 Å². The van der Waals surface area contributed by atoms with Crippen LogP contribution in [0.3, 0.4) is 0 Å². The maximum absolute atomic E-state index is 11.1. The minimum atomic E-state index is -0.319. The monoisotopic (exact) mass is 262 g/mol. The van der Waals surface area contributed by atoms with Crippen LogP contribution in [0.4, 0.5) is 11.4 Å². The zero-order valence-corrected chi connectivity index (χ0v) is 11.0. The Labute approximate surface area is 112 Å². The highest BCUT2D eigenvalue weighted by atomic mass is 16.6. The van der Waals surface area contributed by atoms with Crippen LogP contribution in [0.1, 0.15) is 12.0 Å². The largest absolute Gasteiger partial charge is 0.372 e. The fourth-order valence-corrected chi connectivity index (χ4v) is 2.33. The molecule has 0 aromatic heterocycles. The number of hydrogen-bond acceptors (Lipinski definition) is 4. The molecule has 0 aliphatic carbocycles. The Kier molecular flexibility index (Phi) is 4.16. The van der Waals surface area contributed by atoms with Crippen molar-refractivity contribution < 1.29 is 9.66 Å². The van der Waals surface area contributed by atoms with Crippen molar-refractivity contribution in [1.29, 1.82) is 0 Å². The molecule has 1 fully saturated rings. The summed E-state index contributed by atoms with van der Waals surface area (Å²) in [4.78, 5) is 12.8. The van der Waals surface area contributed by atoms with Crippen molar-refractivity contribution in [2.45, 2.75) is 19.4 Å². The van der Waals surface area contributed by atoms with Gasteiger partial charge < -0.3 is 9.64 Å². The van der Waals surface area contributed by atoms with E-state index in [9.17, 15) is 10.1 Å². The third kappa shape index (κ3) is 3.12. The van der Waals surface area contributed by atoms with Gasteiger partial charge in [-0.05, 0) is 25.0 Å². The fraction of sp³-hybridized carbons (Fsp3) is 0.429. The number of hydrogen-bond donors (Lipinski definition) is 0. The summed E-state index contributed by atoms with van der Waals surface area (Å²) in [6.07, 6.45) is 2.73. The van der Waals surface area contributed by atoms with E-state index in [2.05, 4.69) is 6.58 Å². The molecule has 0 bridgehead atoms. The van der Waals surface area contributed by atoms with Gasteiger partial charge in [0, 0.05) is 19.2 Å². The van der Waals surface area contributed by atoms with Crippen molar-refractivity contribution in [2.75, 3.05) is 24.6 Å². The van der Waals surface area contributed by atoms with Gasteiger partial charge in [0.15, 0.2) is 0 Å². The maximum atomic E-state index is 11.1. The van der Waals surface area contributed by atoms with Crippen molar-refractivity contribution in [3.8, 4) is 0 Å². The first-order chi connectivity index (χ1) is 9.11. The molecule has 1 aromatic carbocycles. The van der Waals surface area contributed by atoms with E-state index in [4.69, 9.17) is 4.74 Å². The molecule has 1 unspecified atom stereocenters. The smallest absolute Gasteiger partial charge is 0.292 e. The van der Waals surface area contributed by atoms with Crippen molar-refractivity contribution in [1.82, 2.24) is 0 Å². The molecule has 0 saturated carbocycles. The first-order valence-corrected chi connectivity index (χ1v) is 6.34. The summed E-state index contributed by atoms with van der Waals surface area (Å²) in [6.45, 7) is 7.47. The number of nitro groups is 1.